The van der Waals surface area contributed by atoms with E-state index in [-0.39, 0.29) is 11.3 Å². The molecule has 0 aliphatic carbocycles. The predicted molar refractivity (Wildman–Crippen MR) is 105 cm³/mol. The Labute approximate surface area is 161 Å². The summed E-state index contributed by atoms with van der Waals surface area (Å²) in [6, 6.07) is 21.1. The van der Waals surface area contributed by atoms with E-state index in [1.165, 1.54) is 18.3 Å². The SMILES string of the molecule is O=C(N/N=C/c1ccc(OCc2cccc(Cl)c2)cc1)c1ccccc1O. The fraction of sp³-hybridized carbons (Fsp3) is 0.0476. The van der Waals surface area contributed by atoms with E-state index in [2.05, 4.69) is 10.5 Å². The molecule has 0 spiro atoms. The van der Waals surface area contributed by atoms with E-state index < -0.39 is 5.91 Å². The second-order valence-corrected chi connectivity index (χ2v) is 6.14. The van der Waals surface area contributed by atoms with E-state index in [1.54, 1.807) is 12.1 Å². The first-order valence-corrected chi connectivity index (χ1v) is 8.58. The van der Waals surface area contributed by atoms with Crippen LogP contribution in [0, 0.1) is 0 Å². The number of amides is 1. The number of hydrazone groups is 1. The maximum atomic E-state index is 11.9. The van der Waals surface area contributed by atoms with Gasteiger partial charge >= 0.3 is 0 Å². The second-order valence-electron chi connectivity index (χ2n) is 5.70. The van der Waals surface area contributed by atoms with E-state index in [1.807, 2.05) is 48.5 Å². The Hall–Kier alpha value is -3.31. The average molecular weight is 381 g/mol. The molecule has 6 heteroatoms. The van der Waals surface area contributed by atoms with Crippen LogP contribution in [-0.2, 0) is 6.61 Å². The van der Waals surface area contributed by atoms with Gasteiger partial charge in [-0.25, -0.2) is 5.43 Å². The Morgan fingerprint density at radius 2 is 1.85 bits per heavy atom. The number of rotatable bonds is 6. The minimum Gasteiger partial charge on any atom is -0.507 e. The van der Waals surface area contributed by atoms with Gasteiger partial charge in [0.05, 0.1) is 11.8 Å². The summed E-state index contributed by atoms with van der Waals surface area (Å²) in [4.78, 5) is 11.9. The Morgan fingerprint density at radius 1 is 1.07 bits per heavy atom. The molecule has 0 aliphatic heterocycles. The van der Waals surface area contributed by atoms with E-state index in [9.17, 15) is 9.90 Å². The van der Waals surface area contributed by atoms with Crippen molar-refractivity contribution in [1.29, 1.82) is 0 Å². The van der Waals surface area contributed by atoms with E-state index in [0.29, 0.717) is 17.4 Å². The summed E-state index contributed by atoms with van der Waals surface area (Å²) in [5.74, 6) is 0.141. The molecule has 0 aromatic heterocycles. The van der Waals surface area contributed by atoms with Crippen molar-refractivity contribution in [2.75, 3.05) is 0 Å². The standard InChI is InChI=1S/C21H17ClN2O3/c22-17-5-3-4-16(12-17)14-27-18-10-8-15(9-11-18)13-23-24-21(26)19-6-1-2-7-20(19)25/h1-13,25H,14H2,(H,24,26)/b23-13+. The fourth-order valence-electron chi connectivity index (χ4n) is 2.33. The number of carbonyl (C=O) groups is 1. The fourth-order valence-corrected chi connectivity index (χ4v) is 2.55. The Balaban J connectivity index is 1.53. The Morgan fingerprint density at radius 3 is 2.59 bits per heavy atom. The zero-order valence-corrected chi connectivity index (χ0v) is 15.1. The molecule has 27 heavy (non-hydrogen) atoms. The highest BCUT2D eigenvalue weighted by Gasteiger charge is 2.08. The molecule has 3 aromatic rings. The third-order valence-electron chi connectivity index (χ3n) is 3.70. The molecule has 3 rings (SSSR count). The number of halogens is 1. The zero-order chi connectivity index (χ0) is 19.1. The van der Waals surface area contributed by atoms with Gasteiger partial charge in [-0.05, 0) is 59.7 Å². The molecule has 136 valence electrons. The van der Waals surface area contributed by atoms with Crippen molar-refractivity contribution in [2.24, 2.45) is 5.10 Å². The Bertz CT molecular complexity index is 956. The average Bonchev–Trinajstić information content (AvgIpc) is 2.68. The van der Waals surface area contributed by atoms with Gasteiger partial charge in [0.25, 0.3) is 5.91 Å². The number of carbonyl (C=O) groups excluding carboxylic acids is 1. The van der Waals surface area contributed by atoms with Crippen LogP contribution in [0.3, 0.4) is 0 Å². The number of ether oxygens (including phenoxy) is 1. The minimum absolute atomic E-state index is 0.0913. The zero-order valence-electron chi connectivity index (χ0n) is 14.3. The predicted octanol–water partition coefficient (Wildman–Crippen LogP) is 4.39. The van der Waals surface area contributed by atoms with Crippen LogP contribution >= 0.6 is 11.6 Å². The molecule has 0 fully saturated rings. The van der Waals surface area contributed by atoms with Gasteiger partial charge in [-0.2, -0.15) is 5.10 Å². The van der Waals surface area contributed by atoms with Gasteiger partial charge in [-0.15, -0.1) is 0 Å². The third kappa shape index (κ3) is 5.33. The van der Waals surface area contributed by atoms with Crippen LogP contribution in [0.1, 0.15) is 21.5 Å². The van der Waals surface area contributed by atoms with E-state index in [4.69, 9.17) is 16.3 Å². The van der Waals surface area contributed by atoms with Crippen molar-refractivity contribution in [3.63, 3.8) is 0 Å². The molecule has 0 saturated heterocycles. The van der Waals surface area contributed by atoms with Crippen molar-refractivity contribution in [2.45, 2.75) is 6.61 Å². The molecule has 5 nitrogen and oxygen atoms in total. The largest absolute Gasteiger partial charge is 0.507 e. The van der Waals surface area contributed by atoms with Crippen molar-refractivity contribution in [1.82, 2.24) is 5.43 Å². The number of hydrogen-bond acceptors (Lipinski definition) is 4. The topological polar surface area (TPSA) is 70.9 Å². The molecule has 0 bridgehead atoms. The number of benzene rings is 3. The molecule has 3 aromatic carbocycles. The highest BCUT2D eigenvalue weighted by atomic mass is 35.5. The van der Waals surface area contributed by atoms with Gasteiger partial charge in [0, 0.05) is 5.02 Å². The molecule has 0 aliphatic rings. The molecule has 0 radical (unpaired) electrons. The van der Waals surface area contributed by atoms with E-state index in [0.717, 1.165) is 11.1 Å². The number of phenols is 1. The van der Waals surface area contributed by atoms with Crippen molar-refractivity contribution < 1.29 is 14.6 Å². The maximum absolute atomic E-state index is 11.9. The number of hydrogen-bond donors (Lipinski definition) is 2. The first-order chi connectivity index (χ1) is 13.1. The van der Waals surface area contributed by atoms with E-state index >= 15 is 0 Å². The number of nitrogens with zero attached hydrogens (tertiary/aromatic N) is 1. The van der Waals surface area contributed by atoms with Crippen LogP contribution in [-0.4, -0.2) is 17.2 Å². The molecular weight excluding hydrogens is 364 g/mol. The lowest BCUT2D eigenvalue weighted by molar-refractivity contribution is 0.0952. The van der Waals surface area contributed by atoms with Gasteiger partial charge in [0.2, 0.25) is 0 Å². The van der Waals surface area contributed by atoms with Crippen LogP contribution in [0.25, 0.3) is 0 Å². The number of aromatic hydroxyl groups is 1. The minimum atomic E-state index is -0.481. The lowest BCUT2D eigenvalue weighted by Crippen LogP contribution is -2.17. The molecule has 0 saturated carbocycles. The summed E-state index contributed by atoms with van der Waals surface area (Å²) in [7, 11) is 0. The second kappa shape index (κ2) is 8.87. The molecular formula is C21H17ClN2O3. The molecule has 2 N–H and O–H groups in total. The quantitative estimate of drug-likeness (QED) is 0.492. The van der Waals surface area contributed by atoms with Gasteiger partial charge in [0.1, 0.15) is 18.1 Å². The summed E-state index contributed by atoms with van der Waals surface area (Å²) in [5, 5.41) is 14.2. The molecule has 0 unspecified atom stereocenters. The van der Waals surface area contributed by atoms with Crippen molar-refractivity contribution >= 4 is 23.7 Å². The van der Waals surface area contributed by atoms with Crippen molar-refractivity contribution in [3.8, 4) is 11.5 Å². The lowest BCUT2D eigenvalue weighted by atomic mass is 10.2. The normalized spacial score (nSPS) is 10.7. The first-order valence-electron chi connectivity index (χ1n) is 8.20. The highest BCUT2D eigenvalue weighted by molar-refractivity contribution is 6.30. The maximum Gasteiger partial charge on any atom is 0.275 e. The van der Waals surface area contributed by atoms with Crippen LogP contribution in [0.4, 0.5) is 0 Å². The van der Waals surface area contributed by atoms with Crippen LogP contribution in [0.15, 0.2) is 77.9 Å². The number of nitrogens with one attached hydrogen (secondary N) is 1. The smallest absolute Gasteiger partial charge is 0.275 e. The summed E-state index contributed by atoms with van der Waals surface area (Å²) < 4.78 is 5.72. The third-order valence-corrected chi connectivity index (χ3v) is 3.94. The summed E-state index contributed by atoms with van der Waals surface area (Å²) in [6.45, 7) is 0.421. The lowest BCUT2D eigenvalue weighted by Gasteiger charge is -2.07. The Kier molecular flexibility index (Phi) is 6.07. The summed E-state index contributed by atoms with van der Waals surface area (Å²) >= 11 is 5.95. The van der Waals surface area contributed by atoms with Gasteiger partial charge < -0.3 is 9.84 Å². The highest BCUT2D eigenvalue weighted by Crippen LogP contribution is 2.16. The number of phenolic OH excluding ortho intramolecular Hbond substituents is 1. The summed E-state index contributed by atoms with van der Waals surface area (Å²) in [6.07, 6.45) is 1.51. The van der Waals surface area contributed by atoms with Gasteiger partial charge in [-0.1, -0.05) is 35.9 Å². The van der Waals surface area contributed by atoms with Crippen molar-refractivity contribution in [3.05, 3.63) is 94.5 Å². The summed E-state index contributed by atoms with van der Waals surface area (Å²) in [5.41, 5.74) is 4.33. The van der Waals surface area contributed by atoms with Gasteiger partial charge in [-0.3, -0.25) is 4.79 Å². The van der Waals surface area contributed by atoms with Crippen LogP contribution in [0.5, 0.6) is 11.5 Å². The van der Waals surface area contributed by atoms with Gasteiger partial charge in [0.15, 0.2) is 0 Å². The molecule has 1 amide bonds. The molecule has 0 heterocycles. The van der Waals surface area contributed by atoms with Crippen LogP contribution < -0.4 is 10.2 Å². The monoisotopic (exact) mass is 380 g/mol. The van der Waals surface area contributed by atoms with Crippen LogP contribution in [0.2, 0.25) is 5.02 Å². The first kappa shape index (κ1) is 18.5. The molecule has 0 atom stereocenters. The number of para-hydroxylation sites is 1.